The van der Waals surface area contributed by atoms with Gasteiger partial charge in [-0.15, -0.1) is 11.3 Å². The standard InChI is InChI=1S/C15H18N2O4S/c1-9(18)11-6-5-10(20-11)7-13-16-12(8-22-13)17-14(19)21-15(2,3)4/h5-6,8H,7H2,1-4H3,(H,17,19). The molecule has 0 unspecified atom stereocenters. The summed E-state index contributed by atoms with van der Waals surface area (Å²) in [6.07, 6.45) is -0.0743. The maximum atomic E-state index is 11.6. The van der Waals surface area contributed by atoms with E-state index < -0.39 is 11.7 Å². The predicted molar refractivity (Wildman–Crippen MR) is 83.5 cm³/mol. The SMILES string of the molecule is CC(=O)c1ccc(Cc2nc(NC(=O)OC(C)(C)C)cs2)o1. The zero-order valence-corrected chi connectivity index (χ0v) is 13.7. The van der Waals surface area contributed by atoms with E-state index in [0.29, 0.717) is 23.8 Å². The number of carbonyl (C=O) groups is 2. The van der Waals surface area contributed by atoms with Crippen molar-refractivity contribution in [2.24, 2.45) is 0 Å². The summed E-state index contributed by atoms with van der Waals surface area (Å²) in [5, 5.41) is 5.09. The molecule has 0 saturated heterocycles. The molecule has 2 heterocycles. The van der Waals surface area contributed by atoms with E-state index in [1.165, 1.54) is 18.3 Å². The number of aromatic nitrogens is 1. The highest BCUT2D eigenvalue weighted by Crippen LogP contribution is 2.20. The molecule has 2 aromatic heterocycles. The first-order valence-corrected chi connectivity index (χ1v) is 7.65. The van der Waals surface area contributed by atoms with Gasteiger partial charge < -0.3 is 9.15 Å². The molecule has 0 fully saturated rings. The molecule has 0 aliphatic carbocycles. The van der Waals surface area contributed by atoms with E-state index in [2.05, 4.69) is 10.3 Å². The summed E-state index contributed by atoms with van der Waals surface area (Å²) in [6, 6.07) is 3.39. The quantitative estimate of drug-likeness (QED) is 0.864. The number of hydrogen-bond acceptors (Lipinski definition) is 6. The van der Waals surface area contributed by atoms with Crippen molar-refractivity contribution in [3.63, 3.8) is 0 Å². The highest BCUT2D eigenvalue weighted by atomic mass is 32.1. The molecule has 0 saturated carbocycles. The van der Waals surface area contributed by atoms with Crippen molar-refractivity contribution in [2.45, 2.75) is 39.7 Å². The summed E-state index contributed by atoms with van der Waals surface area (Å²) in [4.78, 5) is 27.1. The first-order valence-electron chi connectivity index (χ1n) is 6.77. The van der Waals surface area contributed by atoms with Gasteiger partial charge in [0.2, 0.25) is 0 Å². The second kappa shape index (κ2) is 6.31. The monoisotopic (exact) mass is 322 g/mol. The van der Waals surface area contributed by atoms with Gasteiger partial charge in [0, 0.05) is 12.3 Å². The molecule has 0 aliphatic heterocycles. The van der Waals surface area contributed by atoms with Crippen molar-refractivity contribution in [1.82, 2.24) is 4.98 Å². The van der Waals surface area contributed by atoms with Crippen LogP contribution >= 0.6 is 11.3 Å². The summed E-state index contributed by atoms with van der Waals surface area (Å²) < 4.78 is 10.6. The molecule has 6 nitrogen and oxygen atoms in total. The van der Waals surface area contributed by atoms with Crippen LogP contribution < -0.4 is 5.32 Å². The van der Waals surface area contributed by atoms with E-state index in [4.69, 9.17) is 9.15 Å². The molecule has 1 N–H and O–H groups in total. The van der Waals surface area contributed by atoms with Gasteiger partial charge in [-0.3, -0.25) is 10.1 Å². The smallest absolute Gasteiger partial charge is 0.413 e. The summed E-state index contributed by atoms with van der Waals surface area (Å²) in [5.74, 6) is 1.31. The molecule has 0 aromatic carbocycles. The molecule has 0 radical (unpaired) electrons. The van der Waals surface area contributed by atoms with Crippen molar-refractivity contribution in [3.8, 4) is 0 Å². The number of furan rings is 1. The van der Waals surface area contributed by atoms with Gasteiger partial charge in [-0.25, -0.2) is 9.78 Å². The minimum absolute atomic E-state index is 0.113. The number of anilines is 1. The lowest BCUT2D eigenvalue weighted by atomic mass is 10.2. The largest absolute Gasteiger partial charge is 0.458 e. The number of hydrogen-bond donors (Lipinski definition) is 1. The third-order valence-corrected chi connectivity index (χ3v) is 3.36. The zero-order valence-electron chi connectivity index (χ0n) is 12.9. The molecule has 7 heteroatoms. The number of ketones is 1. The topological polar surface area (TPSA) is 81.4 Å². The molecule has 0 spiro atoms. The van der Waals surface area contributed by atoms with Gasteiger partial charge in [0.15, 0.2) is 11.5 Å². The lowest BCUT2D eigenvalue weighted by molar-refractivity contribution is 0.0635. The van der Waals surface area contributed by atoms with Crippen molar-refractivity contribution in [2.75, 3.05) is 5.32 Å². The Hall–Kier alpha value is -2.15. The maximum Gasteiger partial charge on any atom is 0.413 e. The lowest BCUT2D eigenvalue weighted by Crippen LogP contribution is -2.27. The number of amides is 1. The fraction of sp³-hybridized carbons (Fsp3) is 0.400. The van der Waals surface area contributed by atoms with E-state index in [0.717, 1.165) is 5.01 Å². The van der Waals surface area contributed by atoms with E-state index in [1.54, 1.807) is 38.3 Å². The van der Waals surface area contributed by atoms with E-state index in [9.17, 15) is 9.59 Å². The molecule has 22 heavy (non-hydrogen) atoms. The molecule has 0 atom stereocenters. The number of rotatable bonds is 4. The van der Waals surface area contributed by atoms with Crippen LogP contribution in [0.2, 0.25) is 0 Å². The van der Waals surface area contributed by atoms with Gasteiger partial charge >= 0.3 is 6.09 Å². The van der Waals surface area contributed by atoms with E-state index >= 15 is 0 Å². The Balaban J connectivity index is 1.96. The summed E-state index contributed by atoms with van der Waals surface area (Å²) in [6.45, 7) is 6.84. The number of thiazole rings is 1. The number of carbonyl (C=O) groups excluding carboxylic acids is 2. The number of ether oxygens (including phenoxy) is 1. The average molecular weight is 322 g/mol. The summed E-state index contributed by atoms with van der Waals surface area (Å²) in [5.41, 5.74) is -0.555. The minimum atomic E-state index is -0.555. The Morgan fingerprint density at radius 1 is 1.36 bits per heavy atom. The highest BCUT2D eigenvalue weighted by molar-refractivity contribution is 7.10. The minimum Gasteiger partial charge on any atom is -0.458 e. The Kier molecular flexibility index (Phi) is 4.65. The summed E-state index contributed by atoms with van der Waals surface area (Å²) >= 11 is 1.40. The van der Waals surface area contributed by atoms with E-state index in [1.807, 2.05) is 0 Å². The molecule has 2 aromatic rings. The van der Waals surface area contributed by atoms with Gasteiger partial charge in [-0.1, -0.05) is 0 Å². The average Bonchev–Trinajstić information content (AvgIpc) is 2.97. The van der Waals surface area contributed by atoms with Crippen LogP contribution in [0.4, 0.5) is 10.6 Å². The van der Waals surface area contributed by atoms with Crippen molar-refractivity contribution >= 4 is 29.0 Å². The third kappa shape index (κ3) is 4.70. The van der Waals surface area contributed by atoms with Gasteiger partial charge in [-0.2, -0.15) is 0 Å². The van der Waals surface area contributed by atoms with Gasteiger partial charge in [0.25, 0.3) is 0 Å². The lowest BCUT2D eigenvalue weighted by Gasteiger charge is -2.19. The molecule has 2 rings (SSSR count). The van der Waals surface area contributed by atoms with Crippen molar-refractivity contribution < 1.29 is 18.7 Å². The second-order valence-corrected chi connectivity index (χ2v) is 6.69. The van der Waals surface area contributed by atoms with Crippen LogP contribution in [-0.4, -0.2) is 22.5 Å². The van der Waals surface area contributed by atoms with Crippen LogP contribution in [0.15, 0.2) is 21.9 Å². The molecule has 118 valence electrons. The highest BCUT2D eigenvalue weighted by Gasteiger charge is 2.17. The van der Waals surface area contributed by atoms with E-state index in [-0.39, 0.29) is 5.78 Å². The number of Topliss-reactive ketones (excluding diaryl/α,β-unsaturated/α-hetero) is 1. The fourth-order valence-corrected chi connectivity index (χ4v) is 2.40. The number of nitrogens with zero attached hydrogens (tertiary/aromatic N) is 1. The molecule has 0 aliphatic rings. The van der Waals surface area contributed by atoms with Crippen molar-refractivity contribution in [1.29, 1.82) is 0 Å². The second-order valence-electron chi connectivity index (χ2n) is 5.75. The third-order valence-electron chi connectivity index (χ3n) is 2.51. The Morgan fingerprint density at radius 2 is 2.09 bits per heavy atom. The molecule has 0 bridgehead atoms. The Morgan fingerprint density at radius 3 is 2.68 bits per heavy atom. The predicted octanol–water partition coefficient (Wildman–Crippen LogP) is 3.88. The van der Waals surface area contributed by atoms with Gasteiger partial charge in [-0.05, 0) is 32.9 Å². The first kappa shape index (κ1) is 16.2. The maximum absolute atomic E-state index is 11.6. The summed E-state index contributed by atoms with van der Waals surface area (Å²) in [7, 11) is 0. The van der Waals surface area contributed by atoms with Gasteiger partial charge in [0.05, 0.1) is 6.42 Å². The Labute approximate surface area is 132 Å². The first-order chi connectivity index (χ1) is 10.2. The normalized spacial score (nSPS) is 11.3. The van der Waals surface area contributed by atoms with Crippen molar-refractivity contribution in [3.05, 3.63) is 34.0 Å². The van der Waals surface area contributed by atoms with Crippen LogP contribution in [0.3, 0.4) is 0 Å². The van der Waals surface area contributed by atoms with Crippen LogP contribution in [0, 0.1) is 0 Å². The number of nitrogens with one attached hydrogen (secondary N) is 1. The molecular formula is C15H18N2O4S. The van der Waals surface area contributed by atoms with Crippen LogP contribution in [0.5, 0.6) is 0 Å². The molecule has 1 amide bonds. The van der Waals surface area contributed by atoms with Crippen LogP contribution in [0.1, 0.15) is 49.0 Å². The zero-order chi connectivity index (χ0) is 16.3. The van der Waals surface area contributed by atoms with Crippen LogP contribution in [0.25, 0.3) is 0 Å². The van der Waals surface area contributed by atoms with Crippen LogP contribution in [-0.2, 0) is 11.2 Å². The molecular weight excluding hydrogens is 304 g/mol. The fourth-order valence-electron chi connectivity index (χ4n) is 1.67. The van der Waals surface area contributed by atoms with Gasteiger partial charge in [0.1, 0.15) is 22.2 Å². The Bertz CT molecular complexity index is 682.